The van der Waals surface area contributed by atoms with Crippen LogP contribution in [0.15, 0.2) is 12.1 Å². The van der Waals surface area contributed by atoms with Crippen LogP contribution in [0.4, 0.5) is 0 Å². The maximum atomic E-state index is 6.45. The average Bonchev–Trinajstić information content (AvgIpc) is 2.68. The Morgan fingerprint density at radius 3 is 2.90 bits per heavy atom. The van der Waals surface area contributed by atoms with Crippen molar-refractivity contribution in [2.24, 2.45) is 5.73 Å². The molecule has 0 aliphatic carbocycles. The second kappa shape index (κ2) is 6.42. The van der Waals surface area contributed by atoms with E-state index >= 15 is 0 Å². The summed E-state index contributed by atoms with van der Waals surface area (Å²) in [7, 11) is 0. The van der Waals surface area contributed by atoms with Crippen molar-refractivity contribution < 1.29 is 9.47 Å². The Kier molecular flexibility index (Phi) is 4.57. The van der Waals surface area contributed by atoms with E-state index in [0.29, 0.717) is 24.0 Å². The topological polar surface area (TPSA) is 47.7 Å². The Hall–Kier alpha value is -0.970. The van der Waals surface area contributed by atoms with Gasteiger partial charge in [0.15, 0.2) is 11.5 Å². The highest BCUT2D eigenvalue weighted by Crippen LogP contribution is 2.41. The number of rotatable bonds is 2. The molecule has 2 N–H and O–H groups in total. The van der Waals surface area contributed by atoms with Crippen LogP contribution in [-0.2, 0) is 0 Å². The molecule has 2 unspecified atom stereocenters. The smallest absolute Gasteiger partial charge is 0.179 e. The van der Waals surface area contributed by atoms with E-state index in [1.54, 1.807) is 0 Å². The van der Waals surface area contributed by atoms with Crippen LogP contribution in [0, 0.1) is 0 Å². The van der Waals surface area contributed by atoms with Gasteiger partial charge in [0.25, 0.3) is 0 Å². The number of benzene rings is 1. The van der Waals surface area contributed by atoms with Crippen molar-refractivity contribution in [3.8, 4) is 11.5 Å². The molecule has 0 amide bonds. The Morgan fingerprint density at radius 1 is 1.29 bits per heavy atom. The molecule has 4 nitrogen and oxygen atoms in total. The minimum atomic E-state index is 0.131. The zero-order valence-electron chi connectivity index (χ0n) is 12.5. The van der Waals surface area contributed by atoms with Crippen molar-refractivity contribution in [1.82, 2.24) is 4.90 Å². The Labute approximate surface area is 131 Å². The summed E-state index contributed by atoms with van der Waals surface area (Å²) in [5, 5.41) is 0.620. The van der Waals surface area contributed by atoms with E-state index in [1.807, 2.05) is 6.07 Å². The number of likely N-dealkylation sites (N-methyl/N-ethyl adjacent to an activating group) is 1. The van der Waals surface area contributed by atoms with Crippen LogP contribution in [0.2, 0.25) is 5.02 Å². The normalized spacial score (nSPS) is 26.4. The number of hydrogen-bond donors (Lipinski definition) is 1. The molecular weight excluding hydrogens is 288 g/mol. The number of nitrogens with two attached hydrogens (primary N) is 1. The van der Waals surface area contributed by atoms with Gasteiger partial charge in [-0.1, -0.05) is 24.9 Å². The molecule has 3 rings (SSSR count). The highest BCUT2D eigenvalue weighted by Gasteiger charge is 2.30. The summed E-state index contributed by atoms with van der Waals surface area (Å²) in [6, 6.07) is 4.38. The fourth-order valence-corrected chi connectivity index (χ4v) is 3.65. The van der Waals surface area contributed by atoms with Gasteiger partial charge in [0.05, 0.1) is 11.1 Å². The number of likely N-dealkylation sites (tertiary alicyclic amines) is 1. The first kappa shape index (κ1) is 14.9. The van der Waals surface area contributed by atoms with Crippen molar-refractivity contribution in [2.75, 3.05) is 26.3 Å². The number of ether oxygens (including phenoxy) is 2. The molecule has 0 radical (unpaired) electrons. The van der Waals surface area contributed by atoms with Gasteiger partial charge in [0.2, 0.25) is 0 Å². The lowest BCUT2D eigenvalue weighted by Crippen LogP contribution is -2.39. The standard InChI is InChI=1S/C16H23ClN2O2/c1-2-19-6-4-3-5-13(18)15(19)11-9-12(17)16-14(10-11)20-7-8-21-16/h9-10,13,15H,2-8,18H2,1H3. The average molecular weight is 311 g/mol. The third-order valence-corrected chi connectivity index (χ3v) is 4.68. The predicted octanol–water partition coefficient (Wildman–Crippen LogP) is 2.99. The van der Waals surface area contributed by atoms with Gasteiger partial charge in [-0.05, 0) is 43.6 Å². The van der Waals surface area contributed by atoms with Gasteiger partial charge in [-0.25, -0.2) is 0 Å². The number of hydrogen-bond acceptors (Lipinski definition) is 4. The lowest BCUT2D eigenvalue weighted by molar-refractivity contribution is 0.168. The number of fused-ring (bicyclic) bond motifs is 1. The summed E-state index contributed by atoms with van der Waals surface area (Å²) in [5.74, 6) is 1.41. The Balaban J connectivity index is 1.98. The summed E-state index contributed by atoms with van der Waals surface area (Å²) < 4.78 is 11.3. The van der Waals surface area contributed by atoms with Crippen LogP contribution >= 0.6 is 11.6 Å². The highest BCUT2D eigenvalue weighted by molar-refractivity contribution is 6.32. The Bertz CT molecular complexity index is 509. The first-order chi connectivity index (χ1) is 10.2. The van der Waals surface area contributed by atoms with Crippen molar-refractivity contribution in [3.63, 3.8) is 0 Å². The van der Waals surface area contributed by atoms with Gasteiger partial charge in [0.1, 0.15) is 13.2 Å². The fraction of sp³-hybridized carbons (Fsp3) is 0.625. The van der Waals surface area contributed by atoms with E-state index in [-0.39, 0.29) is 12.1 Å². The lowest BCUT2D eigenvalue weighted by atomic mass is 9.96. The molecule has 2 atom stereocenters. The van der Waals surface area contributed by atoms with E-state index in [4.69, 9.17) is 26.8 Å². The molecule has 0 aromatic heterocycles. The molecule has 116 valence electrons. The zero-order valence-corrected chi connectivity index (χ0v) is 13.2. The van der Waals surface area contributed by atoms with Crippen LogP contribution in [0.3, 0.4) is 0 Å². The molecule has 0 saturated carbocycles. The minimum Gasteiger partial charge on any atom is -0.486 e. The molecule has 21 heavy (non-hydrogen) atoms. The van der Waals surface area contributed by atoms with Crippen molar-refractivity contribution in [2.45, 2.75) is 38.3 Å². The van der Waals surface area contributed by atoms with Gasteiger partial charge in [-0.3, -0.25) is 4.90 Å². The second-order valence-electron chi connectivity index (χ2n) is 5.76. The molecule has 0 bridgehead atoms. The van der Waals surface area contributed by atoms with Gasteiger partial charge >= 0.3 is 0 Å². The predicted molar refractivity (Wildman–Crippen MR) is 84.3 cm³/mol. The summed E-state index contributed by atoms with van der Waals surface area (Å²) >= 11 is 6.38. The minimum absolute atomic E-state index is 0.131. The SMILES string of the molecule is CCN1CCCCC(N)C1c1cc(Cl)c2c(c1)OCCO2. The van der Waals surface area contributed by atoms with E-state index in [2.05, 4.69) is 17.9 Å². The van der Waals surface area contributed by atoms with Gasteiger partial charge < -0.3 is 15.2 Å². The monoisotopic (exact) mass is 310 g/mol. The molecule has 2 aliphatic rings. The van der Waals surface area contributed by atoms with Gasteiger partial charge in [-0.15, -0.1) is 0 Å². The van der Waals surface area contributed by atoms with Crippen molar-refractivity contribution >= 4 is 11.6 Å². The first-order valence-corrected chi connectivity index (χ1v) is 8.17. The molecule has 1 fully saturated rings. The third kappa shape index (κ3) is 2.98. The molecule has 1 aromatic carbocycles. The number of halogens is 1. The highest BCUT2D eigenvalue weighted by atomic mass is 35.5. The van der Waals surface area contributed by atoms with E-state index in [1.165, 1.54) is 12.8 Å². The molecule has 1 aromatic rings. The van der Waals surface area contributed by atoms with E-state index in [9.17, 15) is 0 Å². The third-order valence-electron chi connectivity index (χ3n) is 4.40. The zero-order chi connectivity index (χ0) is 14.8. The number of nitrogens with zero attached hydrogens (tertiary/aromatic N) is 1. The van der Waals surface area contributed by atoms with Crippen molar-refractivity contribution in [1.29, 1.82) is 0 Å². The molecule has 2 aliphatic heterocycles. The summed E-state index contributed by atoms with van der Waals surface area (Å²) in [4.78, 5) is 2.44. The molecule has 0 spiro atoms. The molecule has 5 heteroatoms. The van der Waals surface area contributed by atoms with Crippen LogP contribution in [-0.4, -0.2) is 37.2 Å². The molecule has 2 heterocycles. The first-order valence-electron chi connectivity index (χ1n) is 7.79. The maximum Gasteiger partial charge on any atom is 0.179 e. The van der Waals surface area contributed by atoms with Crippen LogP contribution in [0.5, 0.6) is 11.5 Å². The van der Waals surface area contributed by atoms with Gasteiger partial charge in [-0.2, -0.15) is 0 Å². The van der Waals surface area contributed by atoms with Crippen molar-refractivity contribution in [3.05, 3.63) is 22.7 Å². The molecular formula is C16H23ClN2O2. The fourth-order valence-electron chi connectivity index (χ4n) is 3.38. The van der Waals surface area contributed by atoms with Crippen LogP contribution in [0.1, 0.15) is 37.8 Å². The molecule has 1 saturated heterocycles. The quantitative estimate of drug-likeness (QED) is 0.912. The van der Waals surface area contributed by atoms with Crippen LogP contribution < -0.4 is 15.2 Å². The second-order valence-corrected chi connectivity index (χ2v) is 6.17. The van der Waals surface area contributed by atoms with E-state index in [0.717, 1.165) is 30.8 Å². The summed E-state index contributed by atoms with van der Waals surface area (Å²) in [6.45, 7) is 5.38. The lowest BCUT2D eigenvalue weighted by Gasteiger charge is -2.33. The van der Waals surface area contributed by atoms with Gasteiger partial charge in [0, 0.05) is 6.04 Å². The maximum absolute atomic E-state index is 6.45. The summed E-state index contributed by atoms with van der Waals surface area (Å²) in [5.41, 5.74) is 7.59. The Morgan fingerprint density at radius 2 is 2.10 bits per heavy atom. The summed E-state index contributed by atoms with van der Waals surface area (Å²) in [6.07, 6.45) is 3.44. The van der Waals surface area contributed by atoms with E-state index < -0.39 is 0 Å². The largest absolute Gasteiger partial charge is 0.486 e. The van der Waals surface area contributed by atoms with Crippen LogP contribution in [0.25, 0.3) is 0 Å².